The monoisotopic (exact) mass is 412 g/mol. The fraction of sp³-hybridized carbons (Fsp3) is 0.963. The van der Waals surface area contributed by atoms with Crippen LogP contribution in [-0.4, -0.2) is 24.3 Å². The van der Waals surface area contributed by atoms with Crippen molar-refractivity contribution >= 4 is 5.78 Å². The van der Waals surface area contributed by atoms with E-state index in [9.17, 15) is 4.79 Å². The summed E-state index contributed by atoms with van der Waals surface area (Å²) in [6.45, 7) is 11.0. The minimum absolute atomic E-state index is 0.229. The van der Waals surface area contributed by atoms with Gasteiger partial charge in [-0.3, -0.25) is 4.79 Å². The van der Waals surface area contributed by atoms with Crippen LogP contribution in [0.15, 0.2) is 0 Å². The van der Waals surface area contributed by atoms with Crippen LogP contribution in [-0.2, 0) is 14.3 Å². The van der Waals surface area contributed by atoms with Crippen molar-refractivity contribution in [1.29, 1.82) is 0 Å². The average Bonchev–Trinajstić information content (AvgIpc) is 2.94. The summed E-state index contributed by atoms with van der Waals surface area (Å²) < 4.78 is 13.4. The van der Waals surface area contributed by atoms with E-state index in [0.717, 1.165) is 43.6 Å². The molecule has 3 heteroatoms. The molecule has 2 saturated heterocycles. The van der Waals surface area contributed by atoms with E-state index < -0.39 is 0 Å². The van der Waals surface area contributed by atoms with E-state index in [-0.39, 0.29) is 11.2 Å². The summed E-state index contributed by atoms with van der Waals surface area (Å²) in [7, 11) is 0. The van der Waals surface area contributed by atoms with Crippen LogP contribution in [0.2, 0.25) is 0 Å². The van der Waals surface area contributed by atoms with E-state index in [1.54, 1.807) is 0 Å². The van der Waals surface area contributed by atoms with Crippen molar-refractivity contribution in [2.75, 3.05) is 6.61 Å². The van der Waals surface area contributed by atoms with Gasteiger partial charge in [0.2, 0.25) is 0 Å². The van der Waals surface area contributed by atoms with Crippen molar-refractivity contribution < 1.29 is 14.3 Å². The highest BCUT2D eigenvalue weighted by Crippen LogP contribution is 2.84. The Hall–Kier alpha value is -0.410. The number of ether oxygens (including phenoxy) is 2. The smallest absolute Gasteiger partial charge is 0.178 e. The Labute approximate surface area is 182 Å². The lowest BCUT2D eigenvalue weighted by Crippen LogP contribution is -2.54. The molecule has 7 fully saturated rings. The number of hydrogen-bond acceptors (Lipinski definition) is 3. The van der Waals surface area contributed by atoms with Gasteiger partial charge in [0.15, 0.2) is 5.79 Å². The van der Waals surface area contributed by atoms with Crippen LogP contribution in [0.1, 0.15) is 85.5 Å². The maximum atomic E-state index is 12.2. The summed E-state index contributed by atoms with van der Waals surface area (Å²) in [6.07, 6.45) is 11.2. The highest BCUT2D eigenvalue weighted by atomic mass is 16.7. The zero-order valence-corrected chi connectivity index (χ0v) is 19.4. The van der Waals surface area contributed by atoms with E-state index in [2.05, 4.69) is 27.7 Å². The third-order valence-corrected chi connectivity index (χ3v) is 12.5. The number of hydrogen-bond donors (Lipinski definition) is 0. The molecular weight excluding hydrogens is 372 g/mol. The second-order valence-corrected chi connectivity index (χ2v) is 13.5. The third-order valence-electron chi connectivity index (χ3n) is 12.5. The van der Waals surface area contributed by atoms with Crippen LogP contribution in [0.4, 0.5) is 0 Å². The highest BCUT2D eigenvalue weighted by molar-refractivity contribution is 5.79. The van der Waals surface area contributed by atoms with Crippen molar-refractivity contribution in [2.45, 2.75) is 97.4 Å². The zero-order chi connectivity index (χ0) is 20.7. The normalized spacial score (nSPS) is 65.7. The van der Waals surface area contributed by atoms with Gasteiger partial charge in [-0.2, -0.15) is 0 Å². The van der Waals surface area contributed by atoms with Crippen molar-refractivity contribution in [3.05, 3.63) is 0 Å². The molecule has 2 aliphatic heterocycles. The standard InChI is InChI=1S/C27H40O3/c1-15-11-22-26(4)23-21(30-27(22,26)29-14-15)13-20-18-6-5-16-12-17(28)7-9-24(16,2)19(18)8-10-25(20,23)3/h15-16,18-23H,5-14H2,1-4H3/t15-,16+,18+,19-,20-,21-,22?,23-,24-,25-,26-,27+/m0/s1. The van der Waals surface area contributed by atoms with Crippen LogP contribution < -0.4 is 0 Å². The van der Waals surface area contributed by atoms with Crippen molar-refractivity contribution in [3.8, 4) is 0 Å². The first-order valence-electron chi connectivity index (χ1n) is 13.1. The maximum Gasteiger partial charge on any atom is 0.178 e. The van der Waals surface area contributed by atoms with E-state index in [4.69, 9.17) is 9.47 Å². The topological polar surface area (TPSA) is 35.5 Å². The third kappa shape index (κ3) is 1.93. The molecule has 1 unspecified atom stereocenters. The Kier molecular flexibility index (Phi) is 3.54. The number of carbonyl (C=O) groups excluding carboxylic acids is 1. The summed E-state index contributed by atoms with van der Waals surface area (Å²) in [6, 6.07) is 0. The number of carbonyl (C=O) groups is 1. The first-order valence-corrected chi connectivity index (χ1v) is 13.1. The van der Waals surface area contributed by atoms with Crippen LogP contribution in [0.5, 0.6) is 0 Å². The first kappa shape index (κ1) is 19.1. The van der Waals surface area contributed by atoms with Gasteiger partial charge in [-0.15, -0.1) is 0 Å². The Morgan fingerprint density at radius 3 is 2.63 bits per heavy atom. The Bertz CT molecular complexity index is 808. The van der Waals surface area contributed by atoms with Crippen LogP contribution >= 0.6 is 0 Å². The predicted octanol–water partition coefficient (Wildman–Crippen LogP) is 5.61. The summed E-state index contributed by atoms with van der Waals surface area (Å²) in [5, 5.41) is 0. The quantitative estimate of drug-likeness (QED) is 0.519. The average molecular weight is 413 g/mol. The summed E-state index contributed by atoms with van der Waals surface area (Å²) in [5.41, 5.74) is 1.08. The molecule has 12 atom stereocenters. The molecule has 0 radical (unpaired) electrons. The molecule has 0 amide bonds. The molecule has 7 aliphatic rings. The molecular formula is C27H40O3. The number of Topliss-reactive ketones (excluding diaryl/α,β-unsaturated/α-hetero) is 1. The molecule has 7 rings (SSSR count). The molecule has 0 N–H and O–H groups in total. The van der Waals surface area contributed by atoms with Gasteiger partial charge in [-0.25, -0.2) is 0 Å². The number of rotatable bonds is 0. The minimum Gasteiger partial charge on any atom is -0.349 e. The van der Waals surface area contributed by atoms with E-state index in [0.29, 0.717) is 46.4 Å². The van der Waals surface area contributed by atoms with Gasteiger partial charge in [-0.05, 0) is 85.4 Å². The molecule has 0 aromatic carbocycles. The summed E-state index contributed by atoms with van der Waals surface area (Å²) in [4.78, 5) is 12.2. The van der Waals surface area contributed by atoms with E-state index in [1.807, 2.05) is 0 Å². The molecule has 0 aromatic rings. The molecule has 5 aliphatic carbocycles. The van der Waals surface area contributed by atoms with Gasteiger partial charge < -0.3 is 9.47 Å². The second kappa shape index (κ2) is 5.56. The number of ketones is 1. The zero-order valence-electron chi connectivity index (χ0n) is 19.4. The number of fused-ring (bicyclic) bond motifs is 9. The molecule has 2 heterocycles. The lowest BCUT2D eigenvalue weighted by atomic mass is 9.44. The van der Waals surface area contributed by atoms with Gasteiger partial charge in [0.25, 0.3) is 0 Å². The van der Waals surface area contributed by atoms with Crippen molar-refractivity contribution in [3.63, 3.8) is 0 Å². The van der Waals surface area contributed by atoms with Crippen LogP contribution in [0.3, 0.4) is 0 Å². The Balaban J connectivity index is 1.21. The maximum absolute atomic E-state index is 12.2. The van der Waals surface area contributed by atoms with E-state index in [1.165, 1.54) is 38.5 Å². The van der Waals surface area contributed by atoms with Crippen molar-refractivity contribution in [2.24, 2.45) is 57.7 Å². The van der Waals surface area contributed by atoms with Gasteiger partial charge in [0.05, 0.1) is 12.7 Å². The lowest BCUT2D eigenvalue weighted by molar-refractivity contribution is -0.211. The van der Waals surface area contributed by atoms with Gasteiger partial charge in [-0.1, -0.05) is 27.7 Å². The molecule has 5 saturated carbocycles. The van der Waals surface area contributed by atoms with Crippen LogP contribution in [0, 0.1) is 57.7 Å². The molecule has 1 spiro atoms. The van der Waals surface area contributed by atoms with Gasteiger partial charge in [0, 0.05) is 30.1 Å². The predicted molar refractivity (Wildman–Crippen MR) is 115 cm³/mol. The molecule has 166 valence electrons. The van der Waals surface area contributed by atoms with Crippen LogP contribution in [0.25, 0.3) is 0 Å². The van der Waals surface area contributed by atoms with Crippen molar-refractivity contribution in [1.82, 2.24) is 0 Å². The summed E-state index contributed by atoms with van der Waals surface area (Å²) >= 11 is 0. The van der Waals surface area contributed by atoms with Gasteiger partial charge in [0.1, 0.15) is 5.78 Å². The SMILES string of the molecule is C[C@@H]1CO[C@]23O[C@H]4C[C@H]5[C@@H]6CC[C@@H]7CC(=O)CC[C@]7(C)[C@H]6CC[C@]5(C)[C@H]4[C@]2(C)C3C1. The Morgan fingerprint density at radius 2 is 1.80 bits per heavy atom. The van der Waals surface area contributed by atoms with Gasteiger partial charge >= 0.3 is 0 Å². The lowest BCUT2D eigenvalue weighted by Gasteiger charge is -2.60. The fourth-order valence-electron chi connectivity index (χ4n) is 11.2. The molecule has 3 nitrogen and oxygen atoms in total. The summed E-state index contributed by atoms with van der Waals surface area (Å²) in [5.74, 6) is 5.45. The second-order valence-electron chi connectivity index (χ2n) is 13.5. The minimum atomic E-state index is -0.229. The molecule has 0 bridgehead atoms. The molecule has 30 heavy (non-hydrogen) atoms. The fourth-order valence-corrected chi connectivity index (χ4v) is 11.2. The Morgan fingerprint density at radius 1 is 0.967 bits per heavy atom. The largest absolute Gasteiger partial charge is 0.349 e. The highest BCUT2D eigenvalue weighted by Gasteiger charge is 2.89. The van der Waals surface area contributed by atoms with E-state index >= 15 is 0 Å². The molecule has 0 aromatic heterocycles. The first-order chi connectivity index (χ1) is 14.2.